The molecule has 5 nitrogen and oxygen atoms in total. The first-order chi connectivity index (χ1) is 11.6. The van der Waals surface area contributed by atoms with E-state index in [9.17, 15) is 14.3 Å². The molecule has 0 saturated heterocycles. The van der Waals surface area contributed by atoms with Crippen molar-refractivity contribution in [3.05, 3.63) is 53.1 Å². The van der Waals surface area contributed by atoms with Gasteiger partial charge in [0.15, 0.2) is 0 Å². The molecule has 1 aromatic heterocycles. The molecule has 2 aromatic rings. The molecule has 6 heteroatoms. The van der Waals surface area contributed by atoms with Crippen LogP contribution in [-0.2, 0) is 5.54 Å². The Morgan fingerprint density at radius 1 is 1.28 bits per heavy atom. The zero-order chi connectivity index (χ0) is 18.8. The van der Waals surface area contributed by atoms with Crippen LogP contribution in [0.4, 0.5) is 4.39 Å². The molecule has 25 heavy (non-hydrogen) atoms. The minimum absolute atomic E-state index is 0.0316. The van der Waals surface area contributed by atoms with E-state index in [1.54, 1.807) is 6.07 Å². The van der Waals surface area contributed by atoms with Crippen molar-refractivity contribution in [2.45, 2.75) is 52.2 Å². The molecule has 2 N–H and O–H groups in total. The average Bonchev–Trinajstić information content (AvgIpc) is 2.99. The number of benzene rings is 1. The summed E-state index contributed by atoms with van der Waals surface area (Å²) >= 11 is 0. The molecule has 1 amide bonds. The van der Waals surface area contributed by atoms with Crippen molar-refractivity contribution in [1.29, 1.82) is 0 Å². The first-order valence-corrected chi connectivity index (χ1v) is 8.41. The lowest BCUT2D eigenvalue weighted by atomic mass is 10.1. The largest absolute Gasteiger partial charge is 0.387 e. The molecular weight excluding hydrogens is 321 g/mol. The van der Waals surface area contributed by atoms with E-state index in [2.05, 4.69) is 24.3 Å². The zero-order valence-electron chi connectivity index (χ0n) is 15.4. The minimum atomic E-state index is -0.904. The van der Waals surface area contributed by atoms with Crippen molar-refractivity contribution in [3.8, 4) is 0 Å². The molecule has 0 saturated carbocycles. The second-order valence-electron chi connectivity index (χ2n) is 7.47. The van der Waals surface area contributed by atoms with Crippen LogP contribution in [0.15, 0.2) is 30.3 Å². The van der Waals surface area contributed by atoms with Gasteiger partial charge in [-0.25, -0.2) is 4.39 Å². The smallest absolute Gasteiger partial charge is 0.271 e. The number of aliphatic hydroxyl groups excluding tert-OH is 1. The zero-order valence-corrected chi connectivity index (χ0v) is 15.4. The van der Waals surface area contributed by atoms with Crippen LogP contribution in [0.3, 0.4) is 0 Å². The van der Waals surface area contributed by atoms with Gasteiger partial charge in [0.1, 0.15) is 11.5 Å². The Morgan fingerprint density at radius 2 is 1.88 bits per heavy atom. The van der Waals surface area contributed by atoms with Gasteiger partial charge in [-0.05, 0) is 50.5 Å². The third-order valence-electron chi connectivity index (χ3n) is 3.91. The second-order valence-corrected chi connectivity index (χ2v) is 7.47. The summed E-state index contributed by atoms with van der Waals surface area (Å²) in [6.07, 6.45) is -0.904. The SMILES string of the molecule is CC(C)c1cc(C(=O)NCC(O)c2ccc(F)cc2)nn1C(C)(C)C. The van der Waals surface area contributed by atoms with E-state index in [1.807, 2.05) is 25.5 Å². The molecule has 1 heterocycles. The maximum absolute atomic E-state index is 12.9. The summed E-state index contributed by atoms with van der Waals surface area (Å²) in [5.74, 6) is -0.474. The summed E-state index contributed by atoms with van der Waals surface area (Å²) in [6, 6.07) is 7.34. The first kappa shape index (κ1) is 19.1. The summed E-state index contributed by atoms with van der Waals surface area (Å²) in [5.41, 5.74) is 1.62. The number of carbonyl (C=O) groups excluding carboxylic acids is 1. The number of halogens is 1. The molecule has 0 fully saturated rings. The van der Waals surface area contributed by atoms with Gasteiger partial charge >= 0.3 is 0 Å². The van der Waals surface area contributed by atoms with Crippen LogP contribution in [0.5, 0.6) is 0 Å². The van der Waals surface area contributed by atoms with Crippen LogP contribution in [0.1, 0.15) is 68.4 Å². The second kappa shape index (κ2) is 7.35. The predicted molar refractivity (Wildman–Crippen MR) is 95.0 cm³/mol. The maximum Gasteiger partial charge on any atom is 0.271 e. The number of amides is 1. The van der Waals surface area contributed by atoms with Gasteiger partial charge in [0.2, 0.25) is 0 Å². The summed E-state index contributed by atoms with van der Waals surface area (Å²) in [7, 11) is 0. The molecule has 2 rings (SSSR count). The number of nitrogens with one attached hydrogen (secondary N) is 1. The van der Waals surface area contributed by atoms with Gasteiger partial charge in [-0.15, -0.1) is 0 Å². The van der Waals surface area contributed by atoms with Crippen molar-refractivity contribution in [1.82, 2.24) is 15.1 Å². The van der Waals surface area contributed by atoms with Crippen LogP contribution in [0.2, 0.25) is 0 Å². The monoisotopic (exact) mass is 347 g/mol. The Morgan fingerprint density at radius 3 is 2.36 bits per heavy atom. The summed E-state index contributed by atoms with van der Waals surface area (Å²) < 4.78 is 14.8. The van der Waals surface area contributed by atoms with Crippen molar-refractivity contribution < 1.29 is 14.3 Å². The van der Waals surface area contributed by atoms with Gasteiger partial charge in [0, 0.05) is 12.2 Å². The highest BCUT2D eigenvalue weighted by Gasteiger charge is 2.23. The van der Waals surface area contributed by atoms with E-state index in [4.69, 9.17) is 0 Å². The average molecular weight is 347 g/mol. The van der Waals surface area contributed by atoms with Crippen LogP contribution >= 0.6 is 0 Å². The van der Waals surface area contributed by atoms with Crippen molar-refractivity contribution in [3.63, 3.8) is 0 Å². The number of aromatic nitrogens is 2. The van der Waals surface area contributed by atoms with Gasteiger partial charge in [0.25, 0.3) is 5.91 Å². The van der Waals surface area contributed by atoms with Crippen molar-refractivity contribution >= 4 is 5.91 Å². The Labute approximate surface area is 147 Å². The number of hydrogen-bond donors (Lipinski definition) is 2. The van der Waals surface area contributed by atoms with Gasteiger partial charge in [-0.1, -0.05) is 26.0 Å². The Bertz CT molecular complexity index is 730. The van der Waals surface area contributed by atoms with E-state index < -0.39 is 6.10 Å². The Kier molecular flexibility index (Phi) is 5.62. The minimum Gasteiger partial charge on any atom is -0.387 e. The molecule has 1 atom stereocenters. The highest BCUT2D eigenvalue weighted by molar-refractivity contribution is 5.92. The van der Waals surface area contributed by atoms with E-state index in [1.165, 1.54) is 24.3 Å². The van der Waals surface area contributed by atoms with Gasteiger partial charge in [-0.2, -0.15) is 5.10 Å². The fourth-order valence-corrected chi connectivity index (χ4v) is 2.54. The topological polar surface area (TPSA) is 67.2 Å². The quantitative estimate of drug-likeness (QED) is 0.871. The highest BCUT2D eigenvalue weighted by Crippen LogP contribution is 2.23. The summed E-state index contributed by atoms with van der Waals surface area (Å²) in [4.78, 5) is 12.4. The number of aliphatic hydroxyl groups is 1. The number of carbonyl (C=O) groups is 1. The lowest BCUT2D eigenvalue weighted by Crippen LogP contribution is -2.30. The molecule has 136 valence electrons. The van der Waals surface area contributed by atoms with E-state index in [-0.39, 0.29) is 29.7 Å². The van der Waals surface area contributed by atoms with Crippen molar-refractivity contribution in [2.24, 2.45) is 0 Å². The fraction of sp³-hybridized carbons (Fsp3) is 0.474. The third-order valence-corrected chi connectivity index (χ3v) is 3.91. The van der Waals surface area contributed by atoms with Crippen LogP contribution in [-0.4, -0.2) is 27.3 Å². The number of hydrogen-bond acceptors (Lipinski definition) is 3. The summed E-state index contributed by atoms with van der Waals surface area (Å²) in [6.45, 7) is 10.2. The molecule has 1 unspecified atom stereocenters. The van der Waals surface area contributed by atoms with E-state index >= 15 is 0 Å². The lowest BCUT2D eigenvalue weighted by Gasteiger charge is -2.23. The Balaban J connectivity index is 2.09. The third kappa shape index (κ3) is 4.66. The van der Waals surface area contributed by atoms with E-state index in [0.717, 1.165) is 5.69 Å². The lowest BCUT2D eigenvalue weighted by molar-refractivity contribution is 0.0909. The molecule has 0 aliphatic rings. The number of rotatable bonds is 5. The van der Waals surface area contributed by atoms with Gasteiger partial charge in [-0.3, -0.25) is 9.48 Å². The number of nitrogens with zero attached hydrogens (tertiary/aromatic N) is 2. The molecule has 0 aliphatic heterocycles. The maximum atomic E-state index is 12.9. The van der Waals surface area contributed by atoms with Crippen LogP contribution in [0.25, 0.3) is 0 Å². The summed E-state index contributed by atoms with van der Waals surface area (Å²) in [5, 5.41) is 17.2. The standard InChI is InChI=1S/C19H26FN3O2/c1-12(2)16-10-15(22-23(16)19(3,4)5)18(25)21-11-17(24)13-6-8-14(20)9-7-13/h6-10,12,17,24H,11H2,1-5H3,(H,21,25). The first-order valence-electron chi connectivity index (χ1n) is 8.41. The predicted octanol–water partition coefficient (Wildman–Crippen LogP) is 3.36. The molecule has 1 aromatic carbocycles. The fourth-order valence-electron chi connectivity index (χ4n) is 2.54. The molecule has 0 radical (unpaired) electrons. The molecule has 0 spiro atoms. The van der Waals surface area contributed by atoms with Gasteiger partial charge < -0.3 is 10.4 Å². The molecular formula is C19H26FN3O2. The van der Waals surface area contributed by atoms with Crippen molar-refractivity contribution in [2.75, 3.05) is 6.54 Å². The molecule has 0 bridgehead atoms. The van der Waals surface area contributed by atoms with E-state index in [0.29, 0.717) is 11.3 Å². The highest BCUT2D eigenvalue weighted by atomic mass is 19.1. The van der Waals surface area contributed by atoms with Crippen LogP contribution in [0, 0.1) is 5.82 Å². The molecule has 0 aliphatic carbocycles. The normalized spacial score (nSPS) is 13.1. The van der Waals surface area contributed by atoms with Crippen LogP contribution < -0.4 is 5.32 Å². The van der Waals surface area contributed by atoms with Gasteiger partial charge in [0.05, 0.1) is 11.6 Å². The Hall–Kier alpha value is -2.21.